The van der Waals surface area contributed by atoms with Gasteiger partial charge in [-0.1, -0.05) is 13.3 Å². The van der Waals surface area contributed by atoms with Gasteiger partial charge >= 0.3 is 0 Å². The van der Waals surface area contributed by atoms with Crippen LogP contribution in [0.4, 0.5) is 0 Å². The van der Waals surface area contributed by atoms with Crippen LogP contribution in [0.2, 0.25) is 0 Å². The van der Waals surface area contributed by atoms with Crippen LogP contribution in [0.5, 0.6) is 0 Å². The van der Waals surface area contributed by atoms with Crippen LogP contribution in [-0.2, 0) is 7.05 Å². The lowest BCUT2D eigenvalue weighted by atomic mass is 10.0. The van der Waals surface area contributed by atoms with Crippen molar-refractivity contribution < 1.29 is 0 Å². The van der Waals surface area contributed by atoms with E-state index in [0.29, 0.717) is 6.04 Å². The van der Waals surface area contributed by atoms with Gasteiger partial charge in [0, 0.05) is 24.8 Å². The number of nitrogens with zero attached hydrogens (tertiary/aromatic N) is 2. The molecule has 0 amide bonds. The van der Waals surface area contributed by atoms with E-state index in [1.807, 2.05) is 18.8 Å². The third kappa shape index (κ3) is 2.31. The number of nitrogens with one attached hydrogen (secondary N) is 1. The standard InChI is InChI=1S/C10H19N3/c1-5-6-10(11-3)9-7-13(4)12-8(9)2/h7,10-11H,5-6H2,1-4H3. The van der Waals surface area contributed by atoms with Crippen LogP contribution in [0.25, 0.3) is 0 Å². The smallest absolute Gasteiger partial charge is 0.0641 e. The zero-order chi connectivity index (χ0) is 9.84. The highest BCUT2D eigenvalue weighted by molar-refractivity contribution is 5.19. The number of aryl methyl sites for hydroxylation is 2. The molecule has 0 aromatic carbocycles. The third-order valence-corrected chi connectivity index (χ3v) is 2.35. The van der Waals surface area contributed by atoms with Gasteiger partial charge in [-0.3, -0.25) is 4.68 Å². The minimum atomic E-state index is 0.457. The molecule has 0 saturated carbocycles. The topological polar surface area (TPSA) is 29.9 Å². The maximum absolute atomic E-state index is 4.34. The van der Waals surface area contributed by atoms with Crippen molar-refractivity contribution in [2.45, 2.75) is 32.7 Å². The summed E-state index contributed by atoms with van der Waals surface area (Å²) in [6, 6.07) is 0.457. The summed E-state index contributed by atoms with van der Waals surface area (Å²) in [7, 11) is 3.97. The van der Waals surface area contributed by atoms with Crippen molar-refractivity contribution in [1.29, 1.82) is 0 Å². The number of hydrogen-bond acceptors (Lipinski definition) is 2. The zero-order valence-corrected chi connectivity index (χ0v) is 8.96. The summed E-state index contributed by atoms with van der Waals surface area (Å²) in [4.78, 5) is 0. The Hall–Kier alpha value is -0.830. The Labute approximate surface area is 80.1 Å². The largest absolute Gasteiger partial charge is 0.313 e. The summed E-state index contributed by atoms with van der Waals surface area (Å²) in [5, 5.41) is 7.66. The molecular weight excluding hydrogens is 162 g/mol. The van der Waals surface area contributed by atoms with E-state index in [2.05, 4.69) is 30.5 Å². The van der Waals surface area contributed by atoms with Crippen molar-refractivity contribution in [3.8, 4) is 0 Å². The minimum Gasteiger partial charge on any atom is -0.313 e. The van der Waals surface area contributed by atoms with Crippen LogP contribution >= 0.6 is 0 Å². The second-order valence-electron chi connectivity index (χ2n) is 3.47. The predicted molar refractivity (Wildman–Crippen MR) is 54.7 cm³/mol. The summed E-state index contributed by atoms with van der Waals surface area (Å²) in [6.07, 6.45) is 4.47. The van der Waals surface area contributed by atoms with Gasteiger partial charge in [-0.15, -0.1) is 0 Å². The van der Waals surface area contributed by atoms with E-state index >= 15 is 0 Å². The maximum atomic E-state index is 4.34. The molecular formula is C10H19N3. The van der Waals surface area contributed by atoms with E-state index < -0.39 is 0 Å². The molecule has 0 fully saturated rings. The highest BCUT2D eigenvalue weighted by Gasteiger charge is 2.12. The lowest BCUT2D eigenvalue weighted by Gasteiger charge is -2.13. The molecule has 3 nitrogen and oxygen atoms in total. The van der Waals surface area contributed by atoms with Crippen molar-refractivity contribution in [3.05, 3.63) is 17.5 Å². The Bertz CT molecular complexity index is 265. The molecule has 0 aliphatic heterocycles. The Morgan fingerprint density at radius 2 is 2.31 bits per heavy atom. The second kappa shape index (κ2) is 4.42. The molecule has 0 radical (unpaired) electrons. The lowest BCUT2D eigenvalue weighted by Crippen LogP contribution is -2.16. The van der Waals surface area contributed by atoms with E-state index in [9.17, 15) is 0 Å². The Balaban J connectivity index is 2.83. The van der Waals surface area contributed by atoms with Crippen LogP contribution in [-0.4, -0.2) is 16.8 Å². The Kier molecular flexibility index (Phi) is 3.48. The molecule has 0 aliphatic rings. The molecule has 0 spiro atoms. The molecule has 0 aliphatic carbocycles. The van der Waals surface area contributed by atoms with Gasteiger partial charge in [0.05, 0.1) is 5.69 Å². The monoisotopic (exact) mass is 181 g/mol. The molecule has 1 unspecified atom stereocenters. The average molecular weight is 181 g/mol. The molecule has 1 atom stereocenters. The van der Waals surface area contributed by atoms with E-state index in [1.165, 1.54) is 18.4 Å². The molecule has 1 rings (SSSR count). The Morgan fingerprint density at radius 1 is 1.62 bits per heavy atom. The predicted octanol–water partition coefficient (Wildman–Crippen LogP) is 1.79. The first-order chi connectivity index (χ1) is 6.19. The van der Waals surface area contributed by atoms with E-state index in [-0.39, 0.29) is 0 Å². The van der Waals surface area contributed by atoms with E-state index in [4.69, 9.17) is 0 Å². The highest BCUT2D eigenvalue weighted by atomic mass is 15.3. The fourth-order valence-electron chi connectivity index (χ4n) is 1.70. The first-order valence-corrected chi connectivity index (χ1v) is 4.86. The molecule has 1 aromatic heterocycles. The molecule has 1 heterocycles. The van der Waals surface area contributed by atoms with Gasteiger partial charge in [-0.2, -0.15) is 5.10 Å². The van der Waals surface area contributed by atoms with Crippen LogP contribution in [0, 0.1) is 6.92 Å². The van der Waals surface area contributed by atoms with Gasteiger partial charge in [0.25, 0.3) is 0 Å². The maximum Gasteiger partial charge on any atom is 0.0641 e. The molecule has 0 bridgehead atoms. The molecule has 3 heteroatoms. The van der Waals surface area contributed by atoms with Gasteiger partial charge in [-0.25, -0.2) is 0 Å². The quantitative estimate of drug-likeness (QED) is 0.767. The van der Waals surface area contributed by atoms with Gasteiger partial charge in [0.2, 0.25) is 0 Å². The fraction of sp³-hybridized carbons (Fsp3) is 0.700. The van der Waals surface area contributed by atoms with E-state index in [1.54, 1.807) is 0 Å². The zero-order valence-electron chi connectivity index (χ0n) is 8.96. The summed E-state index contributed by atoms with van der Waals surface area (Å²) >= 11 is 0. The van der Waals surface area contributed by atoms with Crippen LogP contribution in [0.1, 0.15) is 37.1 Å². The molecule has 1 N–H and O–H groups in total. The first-order valence-electron chi connectivity index (χ1n) is 4.86. The molecule has 1 aromatic rings. The molecule has 13 heavy (non-hydrogen) atoms. The van der Waals surface area contributed by atoms with Gasteiger partial charge < -0.3 is 5.32 Å². The van der Waals surface area contributed by atoms with E-state index in [0.717, 1.165) is 5.69 Å². The van der Waals surface area contributed by atoms with Gasteiger partial charge in [0.15, 0.2) is 0 Å². The summed E-state index contributed by atoms with van der Waals surface area (Å²) < 4.78 is 1.88. The SMILES string of the molecule is CCCC(NC)c1cn(C)nc1C. The second-order valence-corrected chi connectivity index (χ2v) is 3.47. The normalized spacial score (nSPS) is 13.2. The average Bonchev–Trinajstić information content (AvgIpc) is 2.41. The summed E-state index contributed by atoms with van der Waals surface area (Å²) in [5.74, 6) is 0. The van der Waals surface area contributed by atoms with Crippen molar-refractivity contribution >= 4 is 0 Å². The van der Waals surface area contributed by atoms with Crippen molar-refractivity contribution in [2.24, 2.45) is 7.05 Å². The van der Waals surface area contributed by atoms with Gasteiger partial charge in [-0.05, 0) is 20.4 Å². The number of aromatic nitrogens is 2. The minimum absolute atomic E-state index is 0.457. The van der Waals surface area contributed by atoms with Crippen molar-refractivity contribution in [3.63, 3.8) is 0 Å². The number of rotatable bonds is 4. The van der Waals surface area contributed by atoms with Crippen LogP contribution in [0.15, 0.2) is 6.20 Å². The van der Waals surface area contributed by atoms with Crippen molar-refractivity contribution in [1.82, 2.24) is 15.1 Å². The van der Waals surface area contributed by atoms with Gasteiger partial charge in [0.1, 0.15) is 0 Å². The summed E-state index contributed by atoms with van der Waals surface area (Å²) in [5.41, 5.74) is 2.46. The molecule has 0 saturated heterocycles. The Morgan fingerprint density at radius 3 is 2.69 bits per heavy atom. The third-order valence-electron chi connectivity index (χ3n) is 2.35. The van der Waals surface area contributed by atoms with Crippen LogP contribution < -0.4 is 5.32 Å². The molecule has 74 valence electrons. The highest BCUT2D eigenvalue weighted by Crippen LogP contribution is 2.20. The first kappa shape index (κ1) is 10.3. The van der Waals surface area contributed by atoms with Crippen molar-refractivity contribution in [2.75, 3.05) is 7.05 Å². The lowest BCUT2D eigenvalue weighted by molar-refractivity contribution is 0.539. The number of hydrogen-bond donors (Lipinski definition) is 1. The fourth-order valence-corrected chi connectivity index (χ4v) is 1.70. The van der Waals surface area contributed by atoms with Crippen LogP contribution in [0.3, 0.4) is 0 Å². The summed E-state index contributed by atoms with van der Waals surface area (Å²) in [6.45, 7) is 4.27.